The fourth-order valence-corrected chi connectivity index (χ4v) is 5.00. The maximum Gasteiger partial charge on any atom is 0.242 e. The lowest BCUT2D eigenvalue weighted by atomic mass is 9.75. The highest BCUT2D eigenvalue weighted by Crippen LogP contribution is 2.39. The molecule has 4 nitrogen and oxygen atoms in total. The number of hydrogen-bond acceptors (Lipinski definition) is 3. The van der Waals surface area contributed by atoms with E-state index in [9.17, 15) is 4.79 Å². The first kappa shape index (κ1) is 29.1. The van der Waals surface area contributed by atoms with Gasteiger partial charge in [-0.05, 0) is 109 Å². The fourth-order valence-electron chi connectivity index (χ4n) is 5.00. The van der Waals surface area contributed by atoms with Gasteiger partial charge in [-0.3, -0.25) is 14.6 Å². The number of amides is 1. The predicted molar refractivity (Wildman–Crippen MR) is 133 cm³/mol. The molecule has 0 radical (unpaired) electrons. The van der Waals surface area contributed by atoms with Gasteiger partial charge in [0.25, 0.3) is 0 Å². The van der Waals surface area contributed by atoms with Crippen molar-refractivity contribution < 1.29 is 4.79 Å². The first-order valence-corrected chi connectivity index (χ1v) is 11.6. The monoisotopic (exact) mass is 423 g/mol. The van der Waals surface area contributed by atoms with Crippen LogP contribution in [0.15, 0.2) is 11.6 Å². The second kappa shape index (κ2) is 10.2. The van der Waals surface area contributed by atoms with Crippen LogP contribution in [0.1, 0.15) is 95.9 Å². The second-order valence-electron chi connectivity index (χ2n) is 12.2. The van der Waals surface area contributed by atoms with Gasteiger partial charge in [0.1, 0.15) is 0 Å². The Bertz CT molecular complexity index is 579. The van der Waals surface area contributed by atoms with Crippen LogP contribution in [-0.4, -0.2) is 70.5 Å². The molecule has 2 saturated heterocycles. The van der Waals surface area contributed by atoms with Gasteiger partial charge in [0, 0.05) is 30.2 Å². The molecule has 30 heavy (non-hydrogen) atoms. The standard InChI is InChI=1S/C11H23N.C10H20N2O.C5H10/c1-9-7-10(2,3)12(6)11(4,5)8-9;1-9(2)7-11(5)8(13)10(3,4)12(9)6;1-4-5(2)3/h9H,7-8H2,1-6H3;7H2,1-6H3;4H,1-3H3. The largest absolute Gasteiger partial charge is 0.342 e. The van der Waals surface area contributed by atoms with Crippen molar-refractivity contribution in [1.29, 1.82) is 0 Å². The Morgan fingerprint density at radius 2 is 1.20 bits per heavy atom. The molecule has 2 heterocycles. The number of nitrogens with zero attached hydrogens (tertiary/aromatic N) is 3. The molecule has 0 aromatic rings. The third-order valence-electron chi connectivity index (χ3n) is 7.33. The molecule has 2 aliphatic heterocycles. The van der Waals surface area contributed by atoms with Crippen molar-refractivity contribution in [3.05, 3.63) is 11.6 Å². The number of piperidine rings is 1. The summed E-state index contributed by atoms with van der Waals surface area (Å²) in [5.41, 5.74) is 1.82. The molecule has 2 aliphatic rings. The van der Waals surface area contributed by atoms with Crippen molar-refractivity contribution in [1.82, 2.24) is 14.7 Å². The Labute approximate surface area is 189 Å². The van der Waals surface area contributed by atoms with E-state index in [2.05, 4.69) is 85.2 Å². The summed E-state index contributed by atoms with van der Waals surface area (Å²) in [4.78, 5) is 18.3. The smallest absolute Gasteiger partial charge is 0.242 e. The number of allylic oxidation sites excluding steroid dienone is 2. The van der Waals surface area contributed by atoms with Crippen molar-refractivity contribution >= 4 is 5.91 Å². The minimum absolute atomic E-state index is 0.0617. The van der Waals surface area contributed by atoms with Crippen LogP contribution in [0.2, 0.25) is 0 Å². The van der Waals surface area contributed by atoms with Crippen LogP contribution in [0.5, 0.6) is 0 Å². The Morgan fingerprint density at radius 3 is 1.53 bits per heavy atom. The molecular weight excluding hydrogens is 370 g/mol. The topological polar surface area (TPSA) is 26.8 Å². The fraction of sp³-hybridized carbons (Fsp3) is 0.885. The van der Waals surface area contributed by atoms with E-state index < -0.39 is 0 Å². The van der Waals surface area contributed by atoms with Gasteiger partial charge in [-0.25, -0.2) is 0 Å². The van der Waals surface area contributed by atoms with Crippen LogP contribution in [0.4, 0.5) is 0 Å². The minimum atomic E-state index is -0.378. The van der Waals surface area contributed by atoms with Gasteiger partial charge in [0.15, 0.2) is 0 Å². The minimum Gasteiger partial charge on any atom is -0.342 e. The number of carbonyl (C=O) groups excluding carboxylic acids is 1. The zero-order valence-corrected chi connectivity index (χ0v) is 23.0. The van der Waals surface area contributed by atoms with Gasteiger partial charge < -0.3 is 4.90 Å². The number of hydrogen-bond donors (Lipinski definition) is 0. The highest BCUT2D eigenvalue weighted by molar-refractivity contribution is 5.86. The van der Waals surface area contributed by atoms with Crippen molar-refractivity contribution in [2.75, 3.05) is 27.7 Å². The Balaban J connectivity index is 0.000000461. The van der Waals surface area contributed by atoms with Crippen molar-refractivity contribution in [3.63, 3.8) is 0 Å². The van der Waals surface area contributed by atoms with Crippen molar-refractivity contribution in [2.45, 2.75) is 118 Å². The Hall–Kier alpha value is -0.870. The SMILES string of the molecule is CC1CC(C)(C)N(C)C(C)(C)C1.CC=C(C)C.CN1CC(C)(C)N(C)C(C)(C)C1=O. The first-order chi connectivity index (χ1) is 13.2. The molecule has 178 valence electrons. The van der Waals surface area contributed by atoms with Gasteiger partial charge in [-0.15, -0.1) is 0 Å². The summed E-state index contributed by atoms with van der Waals surface area (Å²) in [6.45, 7) is 27.1. The van der Waals surface area contributed by atoms with Gasteiger partial charge in [0.05, 0.1) is 5.54 Å². The number of piperazine rings is 1. The molecule has 0 bridgehead atoms. The van der Waals surface area contributed by atoms with E-state index in [1.54, 1.807) is 0 Å². The van der Waals surface area contributed by atoms with Crippen LogP contribution < -0.4 is 0 Å². The predicted octanol–water partition coefficient (Wildman–Crippen LogP) is 5.83. The number of carbonyl (C=O) groups is 1. The summed E-state index contributed by atoms with van der Waals surface area (Å²) in [6.07, 6.45) is 4.74. The maximum atomic E-state index is 11.8. The van der Waals surface area contributed by atoms with Crippen LogP contribution in [0.25, 0.3) is 0 Å². The van der Waals surface area contributed by atoms with Gasteiger partial charge in [-0.2, -0.15) is 0 Å². The molecule has 2 fully saturated rings. The highest BCUT2D eigenvalue weighted by Gasteiger charge is 2.47. The van der Waals surface area contributed by atoms with Crippen LogP contribution in [-0.2, 0) is 4.79 Å². The zero-order chi connectivity index (χ0) is 24.3. The average molecular weight is 424 g/mol. The van der Waals surface area contributed by atoms with Crippen LogP contribution in [0.3, 0.4) is 0 Å². The summed E-state index contributed by atoms with van der Waals surface area (Å²) in [5, 5.41) is 0. The molecule has 0 aliphatic carbocycles. The van der Waals surface area contributed by atoms with E-state index in [1.807, 2.05) is 39.8 Å². The van der Waals surface area contributed by atoms with E-state index >= 15 is 0 Å². The number of likely N-dealkylation sites (N-methyl/N-ethyl adjacent to an activating group) is 2. The zero-order valence-electron chi connectivity index (χ0n) is 23.0. The summed E-state index contributed by atoms with van der Waals surface area (Å²) in [5.74, 6) is 1.07. The molecule has 0 N–H and O–H groups in total. The lowest BCUT2D eigenvalue weighted by Gasteiger charge is -2.53. The summed E-state index contributed by atoms with van der Waals surface area (Å²) < 4.78 is 0. The summed E-state index contributed by atoms with van der Waals surface area (Å²) in [7, 11) is 6.15. The van der Waals surface area contributed by atoms with Gasteiger partial charge in [0.2, 0.25) is 5.91 Å². The molecule has 1 amide bonds. The van der Waals surface area contributed by atoms with E-state index in [0.29, 0.717) is 11.1 Å². The maximum absolute atomic E-state index is 11.8. The summed E-state index contributed by atoms with van der Waals surface area (Å²) >= 11 is 0. The molecule has 0 atom stereocenters. The third kappa shape index (κ3) is 7.37. The van der Waals surface area contributed by atoms with E-state index in [-0.39, 0.29) is 17.0 Å². The lowest BCUT2D eigenvalue weighted by molar-refractivity contribution is -0.155. The van der Waals surface area contributed by atoms with Gasteiger partial charge >= 0.3 is 0 Å². The molecule has 0 aromatic carbocycles. The Kier molecular flexibility index (Phi) is 9.87. The van der Waals surface area contributed by atoms with Crippen molar-refractivity contribution in [2.24, 2.45) is 5.92 Å². The molecule has 0 unspecified atom stereocenters. The van der Waals surface area contributed by atoms with Crippen LogP contribution >= 0.6 is 0 Å². The number of likely N-dealkylation sites (tertiary alicyclic amines) is 1. The van der Waals surface area contributed by atoms with E-state index in [1.165, 1.54) is 18.4 Å². The molecule has 0 aromatic heterocycles. The number of rotatable bonds is 0. The average Bonchev–Trinajstić information content (AvgIpc) is 2.57. The normalized spacial score (nSPS) is 25.4. The molecule has 0 spiro atoms. The van der Waals surface area contributed by atoms with Gasteiger partial charge in [-0.1, -0.05) is 18.6 Å². The first-order valence-electron chi connectivity index (χ1n) is 11.6. The molecule has 0 saturated carbocycles. The third-order valence-corrected chi connectivity index (χ3v) is 7.33. The van der Waals surface area contributed by atoms with Crippen molar-refractivity contribution in [3.8, 4) is 0 Å². The Morgan fingerprint density at radius 1 is 0.833 bits per heavy atom. The quantitative estimate of drug-likeness (QED) is 0.459. The van der Waals surface area contributed by atoms with E-state index in [4.69, 9.17) is 0 Å². The molecule has 4 heteroatoms. The highest BCUT2D eigenvalue weighted by atomic mass is 16.2. The molecular formula is C26H53N3O. The second-order valence-corrected chi connectivity index (χ2v) is 12.2. The molecule has 2 rings (SSSR count). The van der Waals surface area contributed by atoms with E-state index in [0.717, 1.165) is 12.5 Å². The summed E-state index contributed by atoms with van der Waals surface area (Å²) in [6, 6.07) is 0. The van der Waals surface area contributed by atoms with Crippen LogP contribution in [0, 0.1) is 5.92 Å². The lowest BCUT2D eigenvalue weighted by Crippen LogP contribution is -2.69.